The van der Waals surface area contributed by atoms with Crippen molar-refractivity contribution in [1.82, 2.24) is 10.2 Å². The van der Waals surface area contributed by atoms with Gasteiger partial charge in [0.25, 0.3) is 0 Å². The van der Waals surface area contributed by atoms with E-state index < -0.39 is 0 Å². The fraction of sp³-hybridized carbons (Fsp3) is 1.00. The molecule has 2 unspecified atom stereocenters. The molecule has 0 aromatic heterocycles. The van der Waals surface area contributed by atoms with E-state index >= 15 is 0 Å². The molecule has 0 amide bonds. The summed E-state index contributed by atoms with van der Waals surface area (Å²) in [4.78, 5) is 2.69. The van der Waals surface area contributed by atoms with E-state index in [1.165, 1.54) is 45.3 Å². The number of nitrogens with one attached hydrogen (secondary N) is 1. The van der Waals surface area contributed by atoms with Gasteiger partial charge in [0, 0.05) is 12.6 Å². The molecule has 0 spiro atoms. The van der Waals surface area contributed by atoms with E-state index in [2.05, 4.69) is 31.0 Å². The van der Waals surface area contributed by atoms with Crippen LogP contribution in [0, 0.1) is 5.92 Å². The van der Waals surface area contributed by atoms with Gasteiger partial charge in [-0.05, 0) is 51.7 Å². The standard InChI is InChI=1S/C13H28N2/c1-4-13-7-6-10-15(11-13)12(3)8-9-14-5-2/h12-14H,4-11H2,1-3H3. The van der Waals surface area contributed by atoms with Gasteiger partial charge in [0.1, 0.15) is 0 Å². The maximum atomic E-state index is 3.42. The van der Waals surface area contributed by atoms with Gasteiger partial charge in [-0.15, -0.1) is 0 Å². The Hall–Kier alpha value is -0.0800. The molecule has 1 saturated heterocycles. The average molecular weight is 212 g/mol. The van der Waals surface area contributed by atoms with E-state index in [-0.39, 0.29) is 0 Å². The molecule has 1 aliphatic rings. The summed E-state index contributed by atoms with van der Waals surface area (Å²) in [5, 5.41) is 3.42. The van der Waals surface area contributed by atoms with Crippen molar-refractivity contribution in [3.8, 4) is 0 Å². The van der Waals surface area contributed by atoms with Crippen molar-refractivity contribution >= 4 is 0 Å². The molecule has 1 fully saturated rings. The highest BCUT2D eigenvalue weighted by molar-refractivity contribution is 4.76. The van der Waals surface area contributed by atoms with Crippen molar-refractivity contribution in [3.63, 3.8) is 0 Å². The van der Waals surface area contributed by atoms with Crippen molar-refractivity contribution in [2.45, 2.75) is 52.5 Å². The molecule has 0 radical (unpaired) electrons. The summed E-state index contributed by atoms with van der Waals surface area (Å²) in [7, 11) is 0. The van der Waals surface area contributed by atoms with Gasteiger partial charge < -0.3 is 10.2 Å². The zero-order chi connectivity index (χ0) is 11.1. The lowest BCUT2D eigenvalue weighted by molar-refractivity contribution is 0.124. The van der Waals surface area contributed by atoms with Crippen LogP contribution in [0.25, 0.3) is 0 Å². The van der Waals surface area contributed by atoms with Crippen LogP contribution in [-0.4, -0.2) is 37.1 Å². The van der Waals surface area contributed by atoms with Crippen molar-refractivity contribution in [1.29, 1.82) is 0 Å². The maximum Gasteiger partial charge on any atom is 0.00791 e. The molecule has 15 heavy (non-hydrogen) atoms. The molecular formula is C13H28N2. The predicted molar refractivity (Wildman–Crippen MR) is 67.2 cm³/mol. The molecule has 2 heteroatoms. The van der Waals surface area contributed by atoms with Crippen LogP contribution in [0.4, 0.5) is 0 Å². The van der Waals surface area contributed by atoms with E-state index in [4.69, 9.17) is 0 Å². The lowest BCUT2D eigenvalue weighted by Crippen LogP contribution is -2.42. The molecule has 0 bridgehead atoms. The van der Waals surface area contributed by atoms with Crippen LogP contribution >= 0.6 is 0 Å². The fourth-order valence-electron chi connectivity index (χ4n) is 2.50. The summed E-state index contributed by atoms with van der Waals surface area (Å²) < 4.78 is 0. The molecule has 1 aliphatic heterocycles. The topological polar surface area (TPSA) is 15.3 Å². The first-order valence-corrected chi connectivity index (χ1v) is 6.72. The number of nitrogens with zero attached hydrogens (tertiary/aromatic N) is 1. The summed E-state index contributed by atoms with van der Waals surface area (Å²) in [5.74, 6) is 0.959. The van der Waals surface area contributed by atoms with Gasteiger partial charge in [-0.3, -0.25) is 0 Å². The predicted octanol–water partition coefficient (Wildman–Crippen LogP) is 2.50. The van der Waals surface area contributed by atoms with E-state index in [1.807, 2.05) is 0 Å². The Morgan fingerprint density at radius 3 is 2.87 bits per heavy atom. The number of piperidine rings is 1. The third-order valence-electron chi connectivity index (χ3n) is 3.74. The molecule has 0 aromatic carbocycles. The second-order valence-corrected chi connectivity index (χ2v) is 4.90. The first-order chi connectivity index (χ1) is 7.27. The molecule has 1 heterocycles. The molecule has 1 N–H and O–H groups in total. The van der Waals surface area contributed by atoms with Crippen molar-refractivity contribution in [3.05, 3.63) is 0 Å². The first kappa shape index (κ1) is 13.0. The first-order valence-electron chi connectivity index (χ1n) is 6.72. The Morgan fingerprint density at radius 2 is 2.20 bits per heavy atom. The van der Waals surface area contributed by atoms with E-state index in [0.29, 0.717) is 0 Å². The molecule has 0 saturated carbocycles. The Kier molecular flexibility index (Phi) is 6.26. The number of hydrogen-bond donors (Lipinski definition) is 1. The third-order valence-corrected chi connectivity index (χ3v) is 3.74. The molecule has 1 rings (SSSR count). The summed E-state index contributed by atoms with van der Waals surface area (Å²) in [6.45, 7) is 11.8. The van der Waals surface area contributed by atoms with Crippen LogP contribution in [0.15, 0.2) is 0 Å². The minimum atomic E-state index is 0.762. The highest BCUT2D eigenvalue weighted by Crippen LogP contribution is 2.21. The summed E-state index contributed by atoms with van der Waals surface area (Å²) in [6.07, 6.45) is 5.51. The van der Waals surface area contributed by atoms with E-state index in [1.54, 1.807) is 0 Å². The molecule has 0 aliphatic carbocycles. The number of hydrogen-bond acceptors (Lipinski definition) is 2. The van der Waals surface area contributed by atoms with Crippen LogP contribution in [-0.2, 0) is 0 Å². The summed E-state index contributed by atoms with van der Waals surface area (Å²) in [5.41, 5.74) is 0. The number of rotatable bonds is 6. The van der Waals surface area contributed by atoms with Gasteiger partial charge in [-0.25, -0.2) is 0 Å². The number of likely N-dealkylation sites (tertiary alicyclic amines) is 1. The van der Waals surface area contributed by atoms with Crippen LogP contribution in [0.5, 0.6) is 0 Å². The van der Waals surface area contributed by atoms with Crippen molar-refractivity contribution in [2.75, 3.05) is 26.2 Å². The van der Waals surface area contributed by atoms with Gasteiger partial charge in [0.15, 0.2) is 0 Å². The second-order valence-electron chi connectivity index (χ2n) is 4.90. The molecule has 90 valence electrons. The summed E-state index contributed by atoms with van der Waals surface area (Å²) in [6, 6.07) is 0.762. The quantitative estimate of drug-likeness (QED) is 0.681. The average Bonchev–Trinajstić information content (AvgIpc) is 2.29. The van der Waals surface area contributed by atoms with Crippen LogP contribution in [0.3, 0.4) is 0 Å². The maximum absolute atomic E-state index is 3.42. The monoisotopic (exact) mass is 212 g/mol. The largest absolute Gasteiger partial charge is 0.317 e. The minimum absolute atomic E-state index is 0.762. The Morgan fingerprint density at radius 1 is 1.40 bits per heavy atom. The molecule has 2 nitrogen and oxygen atoms in total. The highest BCUT2D eigenvalue weighted by Gasteiger charge is 2.21. The van der Waals surface area contributed by atoms with Crippen LogP contribution in [0.1, 0.15) is 46.5 Å². The Bertz CT molecular complexity index is 159. The lowest BCUT2D eigenvalue weighted by Gasteiger charge is -2.36. The van der Waals surface area contributed by atoms with Crippen LogP contribution < -0.4 is 5.32 Å². The van der Waals surface area contributed by atoms with Crippen LogP contribution in [0.2, 0.25) is 0 Å². The molecule has 0 aromatic rings. The zero-order valence-electron chi connectivity index (χ0n) is 10.8. The third kappa shape index (κ3) is 4.52. The SMILES string of the molecule is CCNCCC(C)N1CCCC(CC)C1. The molecule has 2 atom stereocenters. The zero-order valence-corrected chi connectivity index (χ0v) is 10.8. The van der Waals surface area contributed by atoms with Gasteiger partial charge in [0.2, 0.25) is 0 Å². The molecular weight excluding hydrogens is 184 g/mol. The second kappa shape index (κ2) is 7.24. The Labute approximate surface area is 95.4 Å². The van der Waals surface area contributed by atoms with Crippen molar-refractivity contribution < 1.29 is 0 Å². The van der Waals surface area contributed by atoms with E-state index in [9.17, 15) is 0 Å². The highest BCUT2D eigenvalue weighted by atomic mass is 15.2. The van der Waals surface area contributed by atoms with Gasteiger partial charge in [0.05, 0.1) is 0 Å². The Balaban J connectivity index is 2.22. The minimum Gasteiger partial charge on any atom is -0.317 e. The lowest BCUT2D eigenvalue weighted by atomic mass is 9.94. The van der Waals surface area contributed by atoms with E-state index in [0.717, 1.165) is 18.5 Å². The summed E-state index contributed by atoms with van der Waals surface area (Å²) >= 11 is 0. The van der Waals surface area contributed by atoms with Gasteiger partial charge in [-0.1, -0.05) is 20.3 Å². The van der Waals surface area contributed by atoms with Gasteiger partial charge in [-0.2, -0.15) is 0 Å². The van der Waals surface area contributed by atoms with Gasteiger partial charge >= 0.3 is 0 Å². The van der Waals surface area contributed by atoms with Crippen molar-refractivity contribution in [2.24, 2.45) is 5.92 Å². The smallest absolute Gasteiger partial charge is 0.00791 e. The normalized spacial score (nSPS) is 25.4. The fourth-order valence-corrected chi connectivity index (χ4v) is 2.50.